The van der Waals surface area contributed by atoms with Crippen molar-refractivity contribution in [3.63, 3.8) is 0 Å². The first-order valence-corrected chi connectivity index (χ1v) is 6.39. The van der Waals surface area contributed by atoms with Gasteiger partial charge in [-0.3, -0.25) is 0 Å². The molecule has 0 saturated heterocycles. The van der Waals surface area contributed by atoms with Crippen molar-refractivity contribution in [2.75, 3.05) is 10.6 Å². The van der Waals surface area contributed by atoms with Crippen molar-refractivity contribution in [1.29, 1.82) is 5.26 Å². The molecule has 0 fully saturated rings. The smallest absolute Gasteiger partial charge is 0.307 e. The van der Waals surface area contributed by atoms with Crippen LogP contribution in [0.25, 0.3) is 0 Å². The van der Waals surface area contributed by atoms with Crippen molar-refractivity contribution in [1.82, 2.24) is 0 Å². The zero-order chi connectivity index (χ0) is 14.4. The third-order valence-electron chi connectivity index (χ3n) is 2.94. The molecule has 0 aliphatic rings. The minimum atomic E-state index is -0.353. The van der Waals surface area contributed by atoms with Gasteiger partial charge in [0, 0.05) is 5.69 Å². The molecule has 20 heavy (non-hydrogen) atoms. The fraction of sp³-hybridized carbons (Fsp3) is 0.125. The number of nitrogens with zero attached hydrogens (tertiary/aromatic N) is 1. The molecule has 2 rings (SSSR count). The number of amides is 2. The van der Waals surface area contributed by atoms with E-state index in [1.807, 2.05) is 37.3 Å². The summed E-state index contributed by atoms with van der Waals surface area (Å²) in [5, 5.41) is 14.5. The van der Waals surface area contributed by atoms with Gasteiger partial charge in [0.15, 0.2) is 0 Å². The van der Waals surface area contributed by atoms with E-state index in [2.05, 4.69) is 10.6 Å². The highest BCUT2D eigenvalue weighted by Gasteiger charge is 2.07. The van der Waals surface area contributed by atoms with Crippen LogP contribution in [0.5, 0.6) is 0 Å². The summed E-state index contributed by atoms with van der Waals surface area (Å²) in [7, 11) is 0. The first-order valence-electron chi connectivity index (χ1n) is 6.39. The van der Waals surface area contributed by atoms with E-state index >= 15 is 0 Å². The minimum absolute atomic E-state index is 0.353. The Bertz CT molecular complexity index is 659. The maximum Gasteiger partial charge on any atom is 0.323 e. The zero-order valence-corrected chi connectivity index (χ0v) is 11.2. The van der Waals surface area contributed by atoms with Crippen molar-refractivity contribution in [2.45, 2.75) is 13.3 Å². The Kier molecular flexibility index (Phi) is 4.35. The highest BCUT2D eigenvalue weighted by atomic mass is 16.2. The SMILES string of the molecule is CCc1ccccc1NC(=O)Nc1ccccc1C#N. The van der Waals surface area contributed by atoms with Crippen LogP contribution in [0.3, 0.4) is 0 Å². The standard InChI is InChI=1S/C16H15N3O/c1-2-12-7-3-5-9-14(12)18-16(20)19-15-10-6-4-8-13(15)11-17/h3-10H,2H2,1H3,(H2,18,19,20). The lowest BCUT2D eigenvalue weighted by molar-refractivity contribution is 0.262. The topological polar surface area (TPSA) is 64.9 Å². The van der Waals surface area contributed by atoms with E-state index in [1.54, 1.807) is 24.3 Å². The highest BCUT2D eigenvalue weighted by molar-refractivity contribution is 6.00. The van der Waals surface area contributed by atoms with Crippen LogP contribution in [0.15, 0.2) is 48.5 Å². The van der Waals surface area contributed by atoms with Crippen LogP contribution in [-0.2, 0) is 6.42 Å². The lowest BCUT2D eigenvalue weighted by atomic mass is 10.1. The fourth-order valence-corrected chi connectivity index (χ4v) is 1.92. The molecule has 0 bridgehead atoms. The summed E-state index contributed by atoms with van der Waals surface area (Å²) < 4.78 is 0. The van der Waals surface area contributed by atoms with Crippen molar-refractivity contribution >= 4 is 17.4 Å². The zero-order valence-electron chi connectivity index (χ0n) is 11.2. The summed E-state index contributed by atoms with van der Waals surface area (Å²) in [5.74, 6) is 0. The molecule has 2 aromatic rings. The van der Waals surface area contributed by atoms with Crippen LogP contribution in [-0.4, -0.2) is 6.03 Å². The molecule has 0 atom stereocenters. The van der Waals surface area contributed by atoms with E-state index < -0.39 is 0 Å². The van der Waals surface area contributed by atoms with Crippen LogP contribution in [0.4, 0.5) is 16.2 Å². The van der Waals surface area contributed by atoms with Gasteiger partial charge in [0.2, 0.25) is 0 Å². The van der Waals surface area contributed by atoms with Gasteiger partial charge in [-0.2, -0.15) is 5.26 Å². The van der Waals surface area contributed by atoms with E-state index in [9.17, 15) is 4.79 Å². The summed E-state index contributed by atoms with van der Waals surface area (Å²) in [6.07, 6.45) is 0.839. The molecule has 2 N–H and O–H groups in total. The molecule has 0 aromatic heterocycles. The Labute approximate surface area is 118 Å². The molecule has 0 unspecified atom stereocenters. The number of hydrogen-bond acceptors (Lipinski definition) is 2. The molecule has 0 aliphatic carbocycles. The van der Waals surface area contributed by atoms with E-state index in [4.69, 9.17) is 5.26 Å². The number of hydrogen-bond donors (Lipinski definition) is 2. The number of benzene rings is 2. The van der Waals surface area contributed by atoms with Crippen molar-refractivity contribution in [2.24, 2.45) is 0 Å². The second kappa shape index (κ2) is 6.39. The summed E-state index contributed by atoms with van der Waals surface area (Å²) >= 11 is 0. The Hall–Kier alpha value is -2.80. The summed E-state index contributed by atoms with van der Waals surface area (Å²) in [6, 6.07) is 16.2. The number of urea groups is 1. The number of carbonyl (C=O) groups is 1. The normalized spacial score (nSPS) is 9.60. The van der Waals surface area contributed by atoms with E-state index in [0.717, 1.165) is 17.7 Å². The second-order valence-electron chi connectivity index (χ2n) is 4.25. The lowest BCUT2D eigenvalue weighted by Gasteiger charge is -2.11. The number of rotatable bonds is 3. The molecule has 4 heteroatoms. The van der Waals surface area contributed by atoms with Crippen LogP contribution in [0.1, 0.15) is 18.1 Å². The maximum atomic E-state index is 12.0. The van der Waals surface area contributed by atoms with Gasteiger partial charge in [-0.15, -0.1) is 0 Å². The number of para-hydroxylation sites is 2. The van der Waals surface area contributed by atoms with Crippen LogP contribution >= 0.6 is 0 Å². The Morgan fingerprint density at radius 3 is 2.35 bits per heavy atom. The average molecular weight is 265 g/mol. The number of anilines is 2. The van der Waals surface area contributed by atoms with Gasteiger partial charge in [0.1, 0.15) is 6.07 Å². The van der Waals surface area contributed by atoms with Crippen LogP contribution in [0.2, 0.25) is 0 Å². The molecular weight excluding hydrogens is 250 g/mol. The Balaban J connectivity index is 2.12. The summed E-state index contributed by atoms with van der Waals surface area (Å²) in [6.45, 7) is 2.03. The highest BCUT2D eigenvalue weighted by Crippen LogP contribution is 2.17. The summed E-state index contributed by atoms with van der Waals surface area (Å²) in [4.78, 5) is 12.0. The monoisotopic (exact) mass is 265 g/mol. The third-order valence-corrected chi connectivity index (χ3v) is 2.94. The fourth-order valence-electron chi connectivity index (χ4n) is 1.92. The van der Waals surface area contributed by atoms with E-state index in [1.165, 1.54) is 0 Å². The Morgan fingerprint density at radius 2 is 1.65 bits per heavy atom. The second-order valence-corrected chi connectivity index (χ2v) is 4.25. The van der Waals surface area contributed by atoms with Crippen molar-refractivity contribution in [3.05, 3.63) is 59.7 Å². The van der Waals surface area contributed by atoms with Gasteiger partial charge in [0.05, 0.1) is 11.3 Å². The number of nitriles is 1. The van der Waals surface area contributed by atoms with Gasteiger partial charge in [-0.25, -0.2) is 4.79 Å². The van der Waals surface area contributed by atoms with Gasteiger partial charge in [-0.1, -0.05) is 37.3 Å². The predicted molar refractivity (Wildman–Crippen MR) is 79.6 cm³/mol. The average Bonchev–Trinajstić information content (AvgIpc) is 2.48. The van der Waals surface area contributed by atoms with E-state index in [0.29, 0.717) is 11.3 Å². The number of nitrogens with one attached hydrogen (secondary N) is 2. The summed E-state index contributed by atoms with van der Waals surface area (Å²) in [5.41, 5.74) is 2.78. The molecule has 0 aliphatic heterocycles. The largest absolute Gasteiger partial charge is 0.323 e. The molecule has 0 saturated carbocycles. The quantitative estimate of drug-likeness (QED) is 0.887. The predicted octanol–water partition coefficient (Wildman–Crippen LogP) is 3.76. The molecule has 100 valence electrons. The van der Waals surface area contributed by atoms with Crippen LogP contribution < -0.4 is 10.6 Å². The third kappa shape index (κ3) is 3.15. The number of aryl methyl sites for hydroxylation is 1. The Morgan fingerprint density at radius 1 is 1.05 bits per heavy atom. The minimum Gasteiger partial charge on any atom is -0.307 e. The molecule has 0 radical (unpaired) electrons. The molecule has 4 nitrogen and oxygen atoms in total. The lowest BCUT2D eigenvalue weighted by Crippen LogP contribution is -2.20. The molecule has 0 heterocycles. The van der Waals surface area contributed by atoms with Gasteiger partial charge in [0.25, 0.3) is 0 Å². The molecule has 2 amide bonds. The van der Waals surface area contributed by atoms with Crippen molar-refractivity contribution in [3.8, 4) is 6.07 Å². The molecule has 0 spiro atoms. The maximum absolute atomic E-state index is 12.0. The van der Waals surface area contributed by atoms with E-state index in [-0.39, 0.29) is 6.03 Å². The molecular formula is C16H15N3O. The van der Waals surface area contributed by atoms with Crippen molar-refractivity contribution < 1.29 is 4.79 Å². The van der Waals surface area contributed by atoms with Gasteiger partial charge in [-0.05, 0) is 30.2 Å². The van der Waals surface area contributed by atoms with Gasteiger partial charge >= 0.3 is 6.03 Å². The first kappa shape index (κ1) is 13.6. The van der Waals surface area contributed by atoms with Gasteiger partial charge < -0.3 is 10.6 Å². The molecule has 2 aromatic carbocycles. The first-order chi connectivity index (χ1) is 9.74. The van der Waals surface area contributed by atoms with Crippen LogP contribution in [0, 0.1) is 11.3 Å². The number of carbonyl (C=O) groups excluding carboxylic acids is 1.